The fourth-order valence-corrected chi connectivity index (χ4v) is 5.55. The molecule has 0 amide bonds. The zero-order valence-electron chi connectivity index (χ0n) is 12.8. The topological polar surface area (TPSA) is 55.4 Å². The molecular formula is C16H23NO3S. The maximum atomic E-state index is 12.7. The lowest BCUT2D eigenvalue weighted by Crippen LogP contribution is -2.38. The second-order valence-electron chi connectivity index (χ2n) is 6.49. The van der Waals surface area contributed by atoms with E-state index in [1.165, 1.54) is 19.3 Å². The van der Waals surface area contributed by atoms with E-state index in [4.69, 9.17) is 4.74 Å². The van der Waals surface area contributed by atoms with Gasteiger partial charge in [0.2, 0.25) is 10.0 Å². The molecule has 0 radical (unpaired) electrons. The Balaban J connectivity index is 1.86. The van der Waals surface area contributed by atoms with Crippen molar-refractivity contribution in [1.29, 1.82) is 0 Å². The average Bonchev–Trinajstić information content (AvgIpc) is 3.02. The number of benzene rings is 1. The van der Waals surface area contributed by atoms with E-state index in [-0.39, 0.29) is 6.04 Å². The van der Waals surface area contributed by atoms with Crippen LogP contribution in [0.25, 0.3) is 0 Å². The molecule has 0 spiro atoms. The molecule has 3 atom stereocenters. The first-order valence-electron chi connectivity index (χ1n) is 7.58. The average molecular weight is 309 g/mol. The normalized spacial score (nSPS) is 28.0. The summed E-state index contributed by atoms with van der Waals surface area (Å²) < 4.78 is 33.6. The quantitative estimate of drug-likeness (QED) is 0.930. The van der Waals surface area contributed by atoms with Gasteiger partial charge in [-0.25, -0.2) is 13.1 Å². The number of rotatable bonds is 4. The third kappa shape index (κ3) is 2.69. The summed E-state index contributed by atoms with van der Waals surface area (Å²) in [5, 5.41) is 0. The zero-order valence-corrected chi connectivity index (χ0v) is 13.7. The van der Waals surface area contributed by atoms with E-state index >= 15 is 0 Å². The largest absolute Gasteiger partial charge is 0.496 e. The van der Waals surface area contributed by atoms with Crippen molar-refractivity contribution in [1.82, 2.24) is 4.72 Å². The molecule has 2 bridgehead atoms. The van der Waals surface area contributed by atoms with E-state index in [1.807, 2.05) is 13.8 Å². The molecule has 0 aliphatic heterocycles. The van der Waals surface area contributed by atoms with Gasteiger partial charge in [0.1, 0.15) is 5.75 Å². The minimum Gasteiger partial charge on any atom is -0.496 e. The van der Waals surface area contributed by atoms with Gasteiger partial charge in [0.05, 0.1) is 12.0 Å². The zero-order chi connectivity index (χ0) is 15.2. The Morgan fingerprint density at radius 3 is 2.48 bits per heavy atom. The first-order chi connectivity index (χ1) is 9.90. The van der Waals surface area contributed by atoms with E-state index in [9.17, 15) is 8.42 Å². The Bertz CT molecular complexity index is 654. The molecule has 1 aromatic carbocycles. The Labute approximate surface area is 126 Å². The summed E-state index contributed by atoms with van der Waals surface area (Å²) in [6.07, 6.45) is 4.62. The van der Waals surface area contributed by atoms with Crippen molar-refractivity contribution in [2.75, 3.05) is 7.11 Å². The second-order valence-corrected chi connectivity index (χ2v) is 8.17. The van der Waals surface area contributed by atoms with E-state index in [1.54, 1.807) is 19.2 Å². The lowest BCUT2D eigenvalue weighted by Gasteiger charge is -2.23. The summed E-state index contributed by atoms with van der Waals surface area (Å²) in [6, 6.07) is 3.63. The minimum atomic E-state index is -3.45. The van der Waals surface area contributed by atoms with Crippen molar-refractivity contribution >= 4 is 10.0 Å². The van der Waals surface area contributed by atoms with Crippen LogP contribution in [0.3, 0.4) is 0 Å². The summed E-state index contributed by atoms with van der Waals surface area (Å²) in [4.78, 5) is 0.378. The van der Waals surface area contributed by atoms with E-state index in [0.717, 1.165) is 29.2 Å². The highest BCUT2D eigenvalue weighted by molar-refractivity contribution is 7.89. The second kappa shape index (κ2) is 5.29. The lowest BCUT2D eigenvalue weighted by molar-refractivity contribution is 0.390. The smallest absolute Gasteiger partial charge is 0.241 e. The molecule has 2 saturated carbocycles. The predicted molar refractivity (Wildman–Crippen MR) is 82.0 cm³/mol. The highest BCUT2D eigenvalue weighted by atomic mass is 32.2. The molecule has 0 unspecified atom stereocenters. The van der Waals surface area contributed by atoms with Crippen LogP contribution in [0.1, 0.15) is 36.8 Å². The molecule has 2 aliphatic rings. The summed E-state index contributed by atoms with van der Waals surface area (Å²) in [7, 11) is -1.85. The van der Waals surface area contributed by atoms with Crippen LogP contribution < -0.4 is 9.46 Å². The van der Waals surface area contributed by atoms with Gasteiger partial charge in [0.25, 0.3) is 0 Å². The van der Waals surface area contributed by atoms with Gasteiger partial charge >= 0.3 is 0 Å². The van der Waals surface area contributed by atoms with Crippen molar-refractivity contribution in [3.63, 3.8) is 0 Å². The van der Waals surface area contributed by atoms with Gasteiger partial charge in [-0.3, -0.25) is 0 Å². The molecule has 3 rings (SSSR count). The van der Waals surface area contributed by atoms with Crippen LogP contribution in [0.5, 0.6) is 5.75 Å². The molecular weight excluding hydrogens is 286 g/mol. The number of methoxy groups -OCH3 is 1. The summed E-state index contributed by atoms with van der Waals surface area (Å²) in [6.45, 7) is 3.69. The van der Waals surface area contributed by atoms with Crippen molar-refractivity contribution in [2.45, 2.75) is 50.5 Å². The summed E-state index contributed by atoms with van der Waals surface area (Å²) in [5.41, 5.74) is 1.57. The van der Waals surface area contributed by atoms with E-state index < -0.39 is 10.0 Å². The number of aryl methyl sites for hydroxylation is 2. The molecule has 116 valence electrons. The minimum absolute atomic E-state index is 0.121. The van der Waals surface area contributed by atoms with Crippen LogP contribution in [-0.2, 0) is 10.0 Å². The van der Waals surface area contributed by atoms with Crippen LogP contribution >= 0.6 is 0 Å². The van der Waals surface area contributed by atoms with Gasteiger partial charge in [-0.2, -0.15) is 0 Å². The van der Waals surface area contributed by atoms with Gasteiger partial charge in [-0.05, 0) is 68.2 Å². The molecule has 5 heteroatoms. The van der Waals surface area contributed by atoms with Gasteiger partial charge < -0.3 is 4.74 Å². The number of nitrogens with one attached hydrogen (secondary N) is 1. The molecule has 2 fully saturated rings. The fourth-order valence-electron chi connectivity index (χ4n) is 3.92. The Hall–Kier alpha value is -1.07. The van der Waals surface area contributed by atoms with Crippen molar-refractivity contribution in [3.8, 4) is 5.75 Å². The third-order valence-corrected chi connectivity index (χ3v) is 6.66. The van der Waals surface area contributed by atoms with Crippen LogP contribution in [0.4, 0.5) is 0 Å². The molecule has 21 heavy (non-hydrogen) atoms. The van der Waals surface area contributed by atoms with Gasteiger partial charge in [0, 0.05) is 6.04 Å². The third-order valence-electron chi connectivity index (χ3n) is 5.03. The standard InChI is InChI=1S/C16H23NO3S/c1-10-7-16(11(2)6-15(10)20-3)21(18,19)17-14-9-12-4-5-13(14)8-12/h6-7,12-14,17H,4-5,8-9H2,1-3H3/t12-,13+,14-/m0/s1. The number of ether oxygens (including phenoxy) is 1. The Morgan fingerprint density at radius 1 is 1.14 bits per heavy atom. The predicted octanol–water partition coefficient (Wildman–Crippen LogP) is 2.78. The molecule has 0 saturated heterocycles. The lowest BCUT2D eigenvalue weighted by atomic mass is 9.96. The Morgan fingerprint density at radius 2 is 1.90 bits per heavy atom. The number of sulfonamides is 1. The van der Waals surface area contributed by atoms with Gasteiger partial charge in [-0.1, -0.05) is 6.42 Å². The first-order valence-corrected chi connectivity index (χ1v) is 9.06. The van der Waals surface area contributed by atoms with Crippen LogP contribution in [-0.4, -0.2) is 21.6 Å². The molecule has 1 N–H and O–H groups in total. The molecule has 4 nitrogen and oxygen atoms in total. The molecule has 0 heterocycles. The van der Waals surface area contributed by atoms with E-state index in [2.05, 4.69) is 4.72 Å². The number of fused-ring (bicyclic) bond motifs is 2. The highest BCUT2D eigenvalue weighted by Gasteiger charge is 2.41. The van der Waals surface area contributed by atoms with E-state index in [0.29, 0.717) is 10.8 Å². The first kappa shape index (κ1) is 14.9. The van der Waals surface area contributed by atoms with Crippen LogP contribution in [0.2, 0.25) is 0 Å². The Kier molecular flexibility index (Phi) is 3.74. The highest BCUT2D eigenvalue weighted by Crippen LogP contribution is 2.45. The maximum Gasteiger partial charge on any atom is 0.241 e. The van der Waals surface area contributed by atoms with Gasteiger partial charge in [0.15, 0.2) is 0 Å². The van der Waals surface area contributed by atoms with Gasteiger partial charge in [-0.15, -0.1) is 0 Å². The van der Waals surface area contributed by atoms with Crippen molar-refractivity contribution < 1.29 is 13.2 Å². The molecule has 2 aliphatic carbocycles. The molecule has 0 aromatic heterocycles. The number of hydrogen-bond acceptors (Lipinski definition) is 3. The monoisotopic (exact) mass is 309 g/mol. The maximum absolute atomic E-state index is 12.7. The van der Waals surface area contributed by atoms with Crippen LogP contribution in [0, 0.1) is 25.7 Å². The van der Waals surface area contributed by atoms with Crippen LogP contribution in [0.15, 0.2) is 17.0 Å². The fraction of sp³-hybridized carbons (Fsp3) is 0.625. The number of hydrogen-bond donors (Lipinski definition) is 1. The van der Waals surface area contributed by atoms with Crippen molar-refractivity contribution in [2.24, 2.45) is 11.8 Å². The van der Waals surface area contributed by atoms with Crippen molar-refractivity contribution in [3.05, 3.63) is 23.3 Å². The summed E-state index contributed by atoms with van der Waals surface area (Å²) >= 11 is 0. The SMILES string of the molecule is COc1cc(C)c(S(=O)(=O)N[C@H]2C[C@H]3CC[C@@H]2C3)cc1C. The summed E-state index contributed by atoms with van der Waals surface area (Å²) in [5.74, 6) is 1.98. The molecule has 1 aromatic rings.